The number of carbonyl (C=O) groups is 5. The summed E-state index contributed by atoms with van der Waals surface area (Å²) in [4.78, 5) is 98.0. The summed E-state index contributed by atoms with van der Waals surface area (Å²) in [7, 11) is 0. The van der Waals surface area contributed by atoms with Crippen LogP contribution in [0.2, 0.25) is 10.0 Å². The molecule has 2 aromatic heterocycles. The summed E-state index contributed by atoms with van der Waals surface area (Å²) in [5, 5.41) is 65.4. The van der Waals surface area contributed by atoms with E-state index in [0.717, 1.165) is 71.3 Å². The van der Waals surface area contributed by atoms with E-state index < -0.39 is 33.4 Å². The van der Waals surface area contributed by atoms with Crippen LogP contribution in [0.4, 0.5) is 56.9 Å². The molecule has 620 valence electrons. The Morgan fingerprint density at radius 3 is 1.27 bits per heavy atom. The number of nitrogens with zero attached hydrogens (tertiary/aromatic N) is 10. The predicted octanol–water partition coefficient (Wildman–Crippen LogP) is 20.3. The zero-order chi connectivity index (χ0) is 86.4. The molecule has 0 spiro atoms. The molecule has 5 atom stereocenters. The highest BCUT2D eigenvalue weighted by Crippen LogP contribution is 2.51. The molecule has 0 aliphatic carbocycles. The molecule has 10 aliphatic heterocycles. The average Bonchev–Trinajstić information content (AvgIpc) is 1.53. The van der Waals surface area contributed by atoms with E-state index in [4.69, 9.17) is 28.2 Å². The van der Waals surface area contributed by atoms with Gasteiger partial charge in [0.2, 0.25) is 28.9 Å². The van der Waals surface area contributed by atoms with Crippen LogP contribution in [0.1, 0.15) is 114 Å². The highest BCUT2D eigenvalue weighted by molar-refractivity contribution is 9.10. The molecular weight excluding hydrogens is 1700 g/mol. The van der Waals surface area contributed by atoms with E-state index >= 15 is 0 Å². The number of hydrogen-bond acceptors (Lipinski definition) is 22. The highest BCUT2D eigenvalue weighted by Gasteiger charge is 2.64. The lowest BCUT2D eigenvalue weighted by molar-refractivity contribution is 0.0181. The topological polar surface area (TPSA) is 264 Å². The molecule has 5 fully saturated rings. The zero-order valence-corrected chi connectivity index (χ0v) is 72.9. The number of anilines is 5. The lowest BCUT2D eigenvalue weighted by atomic mass is 9.71. The smallest absolute Gasteiger partial charge is 0.204 e. The van der Waals surface area contributed by atoms with Crippen molar-refractivity contribution >= 4 is 208 Å². The fraction of sp³-hybridized carbons (Fsp3) is 0.212. The first kappa shape index (κ1) is 81.8. The second-order valence-electron chi connectivity index (χ2n) is 33.5. The normalized spacial score (nSPS) is 22.5. The van der Waals surface area contributed by atoms with E-state index in [1.165, 1.54) is 14.8 Å². The van der Waals surface area contributed by atoms with E-state index in [1.54, 1.807) is 59.1 Å². The number of rotatable bonds is 5. The first-order valence-electron chi connectivity index (χ1n) is 40.8. The van der Waals surface area contributed by atoms with E-state index in [-0.39, 0.29) is 28.9 Å². The number of fused-ring (bicyclic) bond motifs is 13. The van der Waals surface area contributed by atoms with Gasteiger partial charge in [-0.2, -0.15) is 0 Å². The SMILES string of the molecule is Cc1cc2c(cc1C)C(=O)[C@]1(O)CCN(c3cccc(Br)c3)C1=N2.Cc1ccc2c(c1)C(=O)[C@@]1(O)C(=N2)N(c2ccccc2)CC1(C)C.Cc1ccc2c(c1)C(=O)[C@]1(O)CCN(c3ccc4ccccc4c3)C1=N2.O=C1c2cc(Cl)ccc2N=C2N(c3ccc4ccsc4c3)CC[C@@]12O.O=C1c2cc(Cl)ccc2N=C2N(c3ccc4sccc4c3)CC[C@@]12O. The maximum absolute atomic E-state index is 13.2. The average molecular weight is 1790 g/mol. The summed E-state index contributed by atoms with van der Waals surface area (Å²) >= 11 is 18.8. The lowest BCUT2D eigenvalue weighted by Crippen LogP contribution is -2.55. The monoisotopic (exact) mass is 1780 g/mol. The van der Waals surface area contributed by atoms with Crippen molar-refractivity contribution in [3.05, 3.63) is 306 Å². The molecule has 0 saturated carbocycles. The van der Waals surface area contributed by atoms with Gasteiger partial charge in [-0.25, -0.2) is 25.0 Å². The zero-order valence-electron chi connectivity index (χ0n) is 68.2. The molecule has 0 unspecified atom stereocenters. The number of carbonyl (C=O) groups excluding carboxylic acids is 5. The molecule has 10 aliphatic rings. The molecule has 11 aromatic carbocycles. The second kappa shape index (κ2) is 30.8. The predicted molar refractivity (Wildman–Crippen MR) is 500 cm³/mol. The Morgan fingerprint density at radius 1 is 0.339 bits per heavy atom. The number of para-hydroxylation sites is 1. The number of aliphatic imine (C=N–C) groups is 5. The molecule has 5 saturated heterocycles. The molecule has 13 aromatic rings. The Hall–Kier alpha value is -11.8. The van der Waals surface area contributed by atoms with Crippen LogP contribution in [0.25, 0.3) is 30.9 Å². The molecule has 20 nitrogen and oxygen atoms in total. The summed E-state index contributed by atoms with van der Waals surface area (Å²) < 4.78 is 3.33. The van der Waals surface area contributed by atoms with Crippen LogP contribution in [0.3, 0.4) is 0 Å². The summed E-state index contributed by atoms with van der Waals surface area (Å²) in [6.07, 6.45) is 1.34. The second-order valence-corrected chi connectivity index (χ2v) is 37.2. The van der Waals surface area contributed by atoms with Gasteiger partial charge in [-0.05, 0) is 229 Å². The molecule has 0 radical (unpaired) electrons. The summed E-state index contributed by atoms with van der Waals surface area (Å²) in [5.41, 5.74) is 5.60. The third-order valence-electron chi connectivity index (χ3n) is 25.2. The number of Topliss-reactive ketones (excluding diaryl/α,β-unsaturated/α-hetero) is 5. The van der Waals surface area contributed by atoms with Gasteiger partial charge in [0.05, 0.1) is 28.4 Å². The fourth-order valence-electron chi connectivity index (χ4n) is 18.2. The van der Waals surface area contributed by atoms with Crippen molar-refractivity contribution in [2.24, 2.45) is 30.4 Å². The summed E-state index contributed by atoms with van der Waals surface area (Å²) in [6, 6.07) is 73.3. The van der Waals surface area contributed by atoms with E-state index in [9.17, 15) is 49.5 Å². The number of amidine groups is 5. The van der Waals surface area contributed by atoms with Crippen molar-refractivity contribution < 1.29 is 49.5 Å². The van der Waals surface area contributed by atoms with Gasteiger partial charge in [0.1, 0.15) is 23.3 Å². The molecule has 5 N–H and O–H groups in total. The first-order chi connectivity index (χ1) is 59.4. The first-order valence-corrected chi connectivity index (χ1v) is 44.1. The molecule has 124 heavy (non-hydrogen) atoms. The lowest BCUT2D eigenvalue weighted by Gasteiger charge is -2.36. The Balaban J connectivity index is 0.000000102. The largest absolute Gasteiger partial charge is 0.374 e. The van der Waals surface area contributed by atoms with Crippen LogP contribution >= 0.6 is 61.8 Å². The maximum Gasteiger partial charge on any atom is 0.204 e. The Morgan fingerprint density at radius 2 is 0.742 bits per heavy atom. The van der Waals surface area contributed by atoms with Crippen molar-refractivity contribution in [2.75, 3.05) is 57.2 Å². The van der Waals surface area contributed by atoms with Crippen LogP contribution < -0.4 is 24.5 Å². The maximum atomic E-state index is 13.2. The molecule has 0 amide bonds. The minimum Gasteiger partial charge on any atom is -0.374 e. The number of benzene rings is 11. The van der Waals surface area contributed by atoms with Gasteiger partial charge in [-0.1, -0.05) is 137 Å². The van der Waals surface area contributed by atoms with Crippen molar-refractivity contribution in [1.82, 2.24) is 0 Å². The van der Waals surface area contributed by atoms with Gasteiger partial charge in [0.25, 0.3) is 0 Å². The summed E-state index contributed by atoms with van der Waals surface area (Å²) in [6.45, 7) is 14.4. The summed E-state index contributed by atoms with van der Waals surface area (Å²) in [5.74, 6) is 0.715. The van der Waals surface area contributed by atoms with Crippen LogP contribution in [0.5, 0.6) is 0 Å². The molecule has 25 heteroatoms. The third kappa shape index (κ3) is 13.6. The number of hydrogen-bond donors (Lipinski definition) is 5. The molecule has 12 heterocycles. The van der Waals surface area contributed by atoms with Crippen LogP contribution in [-0.2, 0) is 0 Å². The minimum atomic E-state index is -1.61. The number of aliphatic hydroxyl groups is 5. The van der Waals surface area contributed by atoms with Gasteiger partial charge < -0.3 is 50.0 Å². The van der Waals surface area contributed by atoms with Crippen LogP contribution in [0, 0.1) is 33.1 Å². The van der Waals surface area contributed by atoms with Crippen molar-refractivity contribution in [2.45, 2.75) is 95.2 Å². The quantitative estimate of drug-likeness (QED) is 0.107. The molecular formula is C99H81BrCl2N10O10S2. The van der Waals surface area contributed by atoms with Gasteiger partial charge in [-0.15, -0.1) is 22.7 Å². The Kier molecular flexibility index (Phi) is 20.3. The van der Waals surface area contributed by atoms with Crippen molar-refractivity contribution in [3.63, 3.8) is 0 Å². The van der Waals surface area contributed by atoms with Crippen molar-refractivity contribution in [1.29, 1.82) is 0 Å². The number of halogens is 3. The molecule has 0 bridgehead atoms. The Labute approximate surface area is 740 Å². The van der Waals surface area contributed by atoms with Gasteiger partial charge in [0, 0.05) is 144 Å². The van der Waals surface area contributed by atoms with E-state index in [0.29, 0.717) is 154 Å². The van der Waals surface area contributed by atoms with Crippen LogP contribution in [-0.4, -0.2) is 144 Å². The van der Waals surface area contributed by atoms with Crippen LogP contribution in [0.15, 0.2) is 271 Å². The third-order valence-corrected chi connectivity index (χ3v) is 27.9. The number of aryl methyl sites for hydroxylation is 4. The van der Waals surface area contributed by atoms with Crippen molar-refractivity contribution in [3.8, 4) is 0 Å². The Bertz CT molecular complexity index is 6750. The van der Waals surface area contributed by atoms with Gasteiger partial charge in [0.15, 0.2) is 33.8 Å². The number of thiophene rings is 2. The van der Waals surface area contributed by atoms with E-state index in [2.05, 4.69) is 107 Å². The molecule has 23 rings (SSSR count). The number of ketones is 5. The minimum absolute atomic E-state index is 0.246. The van der Waals surface area contributed by atoms with E-state index in [1.807, 2.05) is 200 Å². The van der Waals surface area contributed by atoms with Gasteiger partial charge in [-0.3, -0.25) is 24.0 Å². The standard InChI is InChI=1S/C22H18N2O2.C20H20N2O2.C19H17BrN2O2.2C19H13ClN2O2S/c1-14-6-9-19-18(12-14)20(25)22(26)10-11-24(21(22)23-19)17-8-7-15-4-2-3-5-16(15)13-17;1-13-9-10-16-15(11-13)17(23)20(24)18(21-16)22(12-19(20,2)3)14-7-5-4-6-8-14;1-11-8-15-16(9-12(11)2)21-18-19(24,17(15)23)6-7-22(18)14-5-3-4-13(20)10-14;20-12-1-3-15-14(10-12)17(23)19(24)6-7-22(18(19)21-15)13-2-4-16-11(9-13)5-8-25-16;20-12-2-4-15-14(9-12)17(23)19(24)6-7-22(18(19)21-15)13-3-1-11-5-8-25-16(11)10-13/h2-9,12-13,26H,10-11H2,1H3;4-11,24H,12H2,1-3H3;3-5,8-10,24H,6-7H2,1-2H3;2*1-5,8-10,24H,6-7H2/t22-;20-;3*19-/m11111/s1. The highest BCUT2D eigenvalue weighted by atomic mass is 79.9. The van der Waals surface area contributed by atoms with Gasteiger partial charge >= 0.3 is 0 Å². The fourth-order valence-corrected chi connectivity index (χ4v) is 20.5.